The SMILES string of the molecule is CCOC(=O)C(C#N)(NC(=O)c1nnn(Cc2ccccc2)n1)C(CC(=O)c1ccc(OCCCC(F)(F)F)cc1)c1ccc(C)cc1. The molecule has 250 valence electrons. The molecule has 0 aliphatic carbocycles. The maximum atomic E-state index is 13.7. The van der Waals surface area contributed by atoms with Gasteiger partial charge in [0.05, 0.1) is 19.8 Å². The van der Waals surface area contributed by atoms with Crippen LogP contribution in [0.25, 0.3) is 0 Å². The average molecular weight is 663 g/mol. The smallest absolute Gasteiger partial charge is 0.389 e. The molecule has 4 rings (SSSR count). The monoisotopic (exact) mass is 662 g/mol. The van der Waals surface area contributed by atoms with Gasteiger partial charge >= 0.3 is 12.1 Å². The third-order valence-corrected chi connectivity index (χ3v) is 7.35. The molecule has 2 unspecified atom stereocenters. The lowest BCUT2D eigenvalue weighted by atomic mass is 9.76. The van der Waals surface area contributed by atoms with Gasteiger partial charge in [0.15, 0.2) is 5.78 Å². The first-order valence-corrected chi connectivity index (χ1v) is 15.1. The minimum atomic E-state index is -4.29. The van der Waals surface area contributed by atoms with Crippen LogP contribution in [0.4, 0.5) is 13.2 Å². The van der Waals surface area contributed by atoms with Crippen LogP contribution in [0, 0.1) is 18.3 Å². The quantitative estimate of drug-likeness (QED) is 0.101. The number of hydrogen-bond donors (Lipinski definition) is 1. The zero-order valence-electron chi connectivity index (χ0n) is 26.2. The third-order valence-electron chi connectivity index (χ3n) is 7.35. The van der Waals surface area contributed by atoms with E-state index in [0.29, 0.717) is 5.56 Å². The molecule has 0 fully saturated rings. The molecule has 48 heavy (non-hydrogen) atoms. The summed E-state index contributed by atoms with van der Waals surface area (Å²) < 4.78 is 47.9. The van der Waals surface area contributed by atoms with Gasteiger partial charge in [0.1, 0.15) is 11.8 Å². The first kappa shape index (κ1) is 35.3. The fraction of sp³-hybridized carbons (Fsp3) is 0.324. The number of ketones is 1. The van der Waals surface area contributed by atoms with Crippen LogP contribution in [0.3, 0.4) is 0 Å². The van der Waals surface area contributed by atoms with Crippen molar-refractivity contribution in [3.63, 3.8) is 0 Å². The Labute approximate surface area is 274 Å². The van der Waals surface area contributed by atoms with Crippen molar-refractivity contribution >= 4 is 17.7 Å². The molecule has 0 aliphatic rings. The van der Waals surface area contributed by atoms with Gasteiger partial charge in [0, 0.05) is 24.3 Å². The second-order valence-corrected chi connectivity index (χ2v) is 10.9. The number of nitriles is 1. The van der Waals surface area contributed by atoms with E-state index in [1.165, 1.54) is 36.0 Å². The van der Waals surface area contributed by atoms with Crippen LogP contribution in [-0.2, 0) is 16.1 Å². The Morgan fingerprint density at radius 2 is 1.69 bits per heavy atom. The van der Waals surface area contributed by atoms with Gasteiger partial charge in [0.25, 0.3) is 11.7 Å². The Balaban J connectivity index is 1.62. The molecule has 0 aliphatic heterocycles. The number of rotatable bonds is 15. The summed E-state index contributed by atoms with van der Waals surface area (Å²) >= 11 is 0. The van der Waals surface area contributed by atoms with Crippen LogP contribution in [0.2, 0.25) is 0 Å². The van der Waals surface area contributed by atoms with Gasteiger partial charge in [0.2, 0.25) is 5.54 Å². The van der Waals surface area contributed by atoms with Gasteiger partial charge in [-0.2, -0.15) is 23.2 Å². The number of carbonyl (C=O) groups is 3. The molecule has 0 saturated heterocycles. The molecule has 11 nitrogen and oxygen atoms in total. The number of hydrogen-bond acceptors (Lipinski definition) is 9. The number of ether oxygens (including phenoxy) is 2. The molecule has 0 saturated carbocycles. The van der Waals surface area contributed by atoms with Gasteiger partial charge in [-0.25, -0.2) is 4.79 Å². The zero-order valence-corrected chi connectivity index (χ0v) is 26.2. The minimum Gasteiger partial charge on any atom is -0.494 e. The fourth-order valence-corrected chi connectivity index (χ4v) is 4.88. The van der Waals surface area contributed by atoms with Gasteiger partial charge in [-0.05, 0) is 60.9 Å². The average Bonchev–Trinajstić information content (AvgIpc) is 3.54. The second-order valence-electron chi connectivity index (χ2n) is 10.9. The Morgan fingerprint density at radius 1 is 1.00 bits per heavy atom. The Morgan fingerprint density at radius 3 is 2.31 bits per heavy atom. The Kier molecular flexibility index (Phi) is 11.6. The lowest BCUT2D eigenvalue weighted by Crippen LogP contribution is -2.58. The largest absolute Gasteiger partial charge is 0.494 e. The van der Waals surface area contributed by atoms with Crippen LogP contribution in [0.1, 0.15) is 69.8 Å². The van der Waals surface area contributed by atoms with Crippen LogP contribution >= 0.6 is 0 Å². The van der Waals surface area contributed by atoms with Crippen molar-refractivity contribution in [3.8, 4) is 11.8 Å². The summed E-state index contributed by atoms with van der Waals surface area (Å²) in [6.45, 7) is 3.30. The predicted molar refractivity (Wildman–Crippen MR) is 166 cm³/mol. The number of benzene rings is 3. The normalized spacial score (nSPS) is 13.1. The zero-order chi connectivity index (χ0) is 34.7. The van der Waals surface area contributed by atoms with Crippen molar-refractivity contribution in [2.24, 2.45) is 0 Å². The number of halogens is 3. The number of Topliss-reactive ketones (excluding diaryl/α,β-unsaturated/α-hetero) is 1. The van der Waals surface area contributed by atoms with Crippen molar-refractivity contribution in [3.05, 3.63) is 107 Å². The number of tetrazole rings is 1. The minimum absolute atomic E-state index is 0.122. The van der Waals surface area contributed by atoms with E-state index in [9.17, 15) is 32.8 Å². The Bertz CT molecular complexity index is 1740. The lowest BCUT2D eigenvalue weighted by Gasteiger charge is -2.33. The fourth-order valence-electron chi connectivity index (χ4n) is 4.88. The summed E-state index contributed by atoms with van der Waals surface area (Å²) in [6, 6.07) is 23.6. The van der Waals surface area contributed by atoms with Gasteiger partial charge in [-0.15, -0.1) is 10.2 Å². The predicted octanol–water partition coefficient (Wildman–Crippen LogP) is 5.36. The summed E-state index contributed by atoms with van der Waals surface area (Å²) in [7, 11) is 0. The van der Waals surface area contributed by atoms with Crippen molar-refractivity contribution in [1.82, 2.24) is 25.5 Å². The van der Waals surface area contributed by atoms with E-state index < -0.39 is 54.0 Å². The van der Waals surface area contributed by atoms with Crippen LogP contribution < -0.4 is 10.1 Å². The van der Waals surface area contributed by atoms with Crippen LogP contribution in [-0.4, -0.2) is 62.8 Å². The van der Waals surface area contributed by atoms with Gasteiger partial charge < -0.3 is 14.8 Å². The number of aryl methyl sites for hydroxylation is 1. The molecular formula is C34H33F3N6O5. The van der Waals surface area contributed by atoms with Crippen molar-refractivity contribution < 1.29 is 37.0 Å². The number of nitrogens with one attached hydrogen (secondary N) is 1. The van der Waals surface area contributed by atoms with Crippen molar-refractivity contribution in [2.45, 2.75) is 57.3 Å². The topological polar surface area (TPSA) is 149 Å². The van der Waals surface area contributed by atoms with Crippen molar-refractivity contribution in [1.29, 1.82) is 5.26 Å². The molecule has 1 aromatic heterocycles. The molecule has 0 spiro atoms. The first-order valence-electron chi connectivity index (χ1n) is 15.1. The molecule has 0 bridgehead atoms. The van der Waals surface area contributed by atoms with E-state index in [1.807, 2.05) is 43.3 Å². The summed E-state index contributed by atoms with van der Waals surface area (Å²) in [4.78, 5) is 42.0. The van der Waals surface area contributed by atoms with Crippen LogP contribution in [0.15, 0.2) is 78.9 Å². The summed E-state index contributed by atoms with van der Waals surface area (Å²) in [5.74, 6) is -3.94. The standard InChI is InChI=1S/C34H33F3N6O5/c1-3-47-32(46)33(22-38,39-31(45)30-40-42-43(41-30)21-24-8-5-4-6-9-24)28(25-12-10-23(2)11-13-25)20-29(44)26-14-16-27(17-15-26)48-19-7-18-34(35,36)37/h4-6,8-17,28H,3,7,18-21H2,1-2H3,(H,39,45). The third kappa shape index (κ3) is 9.25. The highest BCUT2D eigenvalue weighted by Crippen LogP contribution is 2.35. The van der Waals surface area contributed by atoms with E-state index in [2.05, 4.69) is 20.7 Å². The number of aromatic nitrogens is 4. The van der Waals surface area contributed by atoms with Crippen molar-refractivity contribution in [2.75, 3.05) is 13.2 Å². The number of nitrogens with zero attached hydrogens (tertiary/aromatic N) is 5. The molecule has 4 aromatic rings. The number of esters is 1. The number of alkyl halides is 3. The summed E-state index contributed by atoms with van der Waals surface area (Å²) in [5, 5.41) is 24.9. The lowest BCUT2D eigenvalue weighted by molar-refractivity contribution is -0.149. The van der Waals surface area contributed by atoms with E-state index >= 15 is 0 Å². The van der Waals surface area contributed by atoms with E-state index in [4.69, 9.17) is 9.47 Å². The summed E-state index contributed by atoms with van der Waals surface area (Å²) in [5.41, 5.74) is -0.100. The van der Waals surface area contributed by atoms with E-state index in [1.54, 1.807) is 24.3 Å². The van der Waals surface area contributed by atoms with Gasteiger partial charge in [-0.3, -0.25) is 9.59 Å². The number of amides is 1. The molecule has 1 amide bonds. The highest BCUT2D eigenvalue weighted by Gasteiger charge is 2.51. The maximum Gasteiger partial charge on any atom is 0.389 e. The van der Waals surface area contributed by atoms with Gasteiger partial charge in [-0.1, -0.05) is 60.2 Å². The van der Waals surface area contributed by atoms with E-state index in [0.717, 1.165) is 11.1 Å². The highest BCUT2D eigenvalue weighted by atomic mass is 19.4. The molecule has 1 N–H and O–H groups in total. The number of carbonyl (C=O) groups excluding carboxylic acids is 3. The van der Waals surface area contributed by atoms with Crippen LogP contribution in [0.5, 0.6) is 5.75 Å². The maximum absolute atomic E-state index is 13.7. The molecule has 2 atom stereocenters. The molecule has 1 heterocycles. The molecule has 14 heteroatoms. The van der Waals surface area contributed by atoms with E-state index in [-0.39, 0.29) is 37.5 Å². The Hall–Kier alpha value is -5.58. The molecule has 3 aromatic carbocycles. The molecular weight excluding hydrogens is 629 g/mol. The first-order chi connectivity index (χ1) is 22.9. The molecule has 0 radical (unpaired) electrons. The second kappa shape index (κ2) is 15.8. The summed E-state index contributed by atoms with van der Waals surface area (Å²) in [6.07, 6.45) is -5.91. The highest BCUT2D eigenvalue weighted by molar-refractivity contribution is 6.00.